The number of aliphatic carboxylic acids is 1. The summed E-state index contributed by atoms with van der Waals surface area (Å²) in [6, 6.07) is 0.0242. The quantitative estimate of drug-likeness (QED) is 0.265. The van der Waals surface area contributed by atoms with Gasteiger partial charge in [0.2, 0.25) is 5.72 Å². The molecule has 0 aromatic heterocycles. The molecule has 0 aliphatic heterocycles. The van der Waals surface area contributed by atoms with Crippen LogP contribution in [-0.4, -0.2) is 34.5 Å². The van der Waals surface area contributed by atoms with Gasteiger partial charge in [0.05, 0.1) is 0 Å². The van der Waals surface area contributed by atoms with Crippen LogP contribution in [0.15, 0.2) is 0 Å². The number of carboxylic acid groups (broad SMARTS) is 1. The van der Waals surface area contributed by atoms with Crippen molar-refractivity contribution in [2.45, 2.75) is 50.3 Å². The summed E-state index contributed by atoms with van der Waals surface area (Å²) in [5.74, 6) is -1.40. The van der Waals surface area contributed by atoms with Crippen LogP contribution in [0.2, 0.25) is 0 Å². The second-order valence-corrected chi connectivity index (χ2v) is 4.17. The molecule has 0 amide bonds. The Morgan fingerprint density at radius 3 is 2.31 bits per heavy atom. The first-order chi connectivity index (χ1) is 7.40. The number of rotatable bonds is 9. The van der Waals surface area contributed by atoms with Gasteiger partial charge in [-0.05, 0) is 32.2 Å². The van der Waals surface area contributed by atoms with Gasteiger partial charge in [-0.1, -0.05) is 6.42 Å². The maximum atomic E-state index is 10.5. The van der Waals surface area contributed by atoms with Crippen LogP contribution in [-0.2, 0) is 4.79 Å². The molecule has 0 aromatic rings. The molecule has 2 atom stereocenters. The van der Waals surface area contributed by atoms with Crippen molar-refractivity contribution in [1.29, 1.82) is 0 Å². The van der Waals surface area contributed by atoms with Crippen molar-refractivity contribution >= 4 is 5.97 Å². The highest BCUT2D eigenvalue weighted by atomic mass is 16.4. The molecular weight excluding hydrogens is 210 g/mol. The molecule has 0 aromatic carbocycles. The van der Waals surface area contributed by atoms with Crippen LogP contribution in [0.5, 0.6) is 0 Å². The minimum Gasteiger partial charge on any atom is -0.478 e. The molecule has 0 rings (SSSR count). The van der Waals surface area contributed by atoms with Crippen LogP contribution in [0, 0.1) is 0 Å². The molecule has 0 aliphatic rings. The number of carbonyl (C=O) groups is 1. The minimum absolute atomic E-state index is 0.0208. The Morgan fingerprint density at radius 2 is 1.81 bits per heavy atom. The first kappa shape index (κ1) is 15.3. The Kier molecular flexibility index (Phi) is 7.24. The van der Waals surface area contributed by atoms with E-state index >= 15 is 0 Å². The third-order valence-corrected chi connectivity index (χ3v) is 2.53. The van der Waals surface area contributed by atoms with E-state index in [1.165, 1.54) is 0 Å². The Balaban J connectivity index is 3.61. The summed E-state index contributed by atoms with van der Waals surface area (Å²) >= 11 is 0. The molecule has 0 saturated heterocycles. The molecule has 0 radical (unpaired) electrons. The minimum atomic E-state index is -2.13. The lowest BCUT2D eigenvalue weighted by Gasteiger charge is -2.18. The fraction of sp³-hybridized carbons (Fsp3) is 0.900. The predicted molar refractivity (Wildman–Crippen MR) is 61.5 cm³/mol. The van der Waals surface area contributed by atoms with Crippen LogP contribution < -0.4 is 17.2 Å². The highest BCUT2D eigenvalue weighted by Crippen LogP contribution is 2.11. The summed E-state index contributed by atoms with van der Waals surface area (Å²) in [5, 5.41) is 17.8. The SMILES string of the molecule is NCCCCC(N)CCC[C@@](N)(O)C(=O)O. The monoisotopic (exact) mass is 233 g/mol. The fourth-order valence-corrected chi connectivity index (χ4v) is 1.44. The molecule has 0 aliphatic carbocycles. The van der Waals surface area contributed by atoms with E-state index in [1.54, 1.807) is 0 Å². The Labute approximate surface area is 95.8 Å². The standard InChI is InChI=1S/C10H23N3O3/c11-7-2-1-4-8(12)5-3-6-10(13,16)9(14)15/h8,16H,1-7,11-13H2,(H,14,15)/t8?,10-/m1/s1. The largest absolute Gasteiger partial charge is 0.478 e. The van der Waals surface area contributed by atoms with Gasteiger partial charge in [0.15, 0.2) is 0 Å². The first-order valence-corrected chi connectivity index (χ1v) is 5.60. The number of hydrogen-bond acceptors (Lipinski definition) is 5. The molecule has 0 bridgehead atoms. The number of nitrogens with two attached hydrogens (primary N) is 3. The first-order valence-electron chi connectivity index (χ1n) is 5.60. The second kappa shape index (κ2) is 7.56. The van der Waals surface area contributed by atoms with Gasteiger partial charge in [0, 0.05) is 12.5 Å². The summed E-state index contributed by atoms with van der Waals surface area (Å²) in [7, 11) is 0. The van der Waals surface area contributed by atoms with Crippen molar-refractivity contribution in [3.8, 4) is 0 Å². The van der Waals surface area contributed by atoms with Crippen molar-refractivity contribution < 1.29 is 15.0 Å². The lowest BCUT2D eigenvalue weighted by atomic mass is 10.0. The van der Waals surface area contributed by atoms with Crippen LogP contribution in [0.3, 0.4) is 0 Å². The maximum absolute atomic E-state index is 10.5. The summed E-state index contributed by atoms with van der Waals surface area (Å²) in [5.41, 5.74) is 14.2. The molecule has 0 fully saturated rings. The van der Waals surface area contributed by atoms with Gasteiger partial charge in [-0.2, -0.15) is 0 Å². The van der Waals surface area contributed by atoms with E-state index in [0.29, 0.717) is 19.4 Å². The Morgan fingerprint density at radius 1 is 1.25 bits per heavy atom. The lowest BCUT2D eigenvalue weighted by molar-refractivity contribution is -0.158. The summed E-state index contributed by atoms with van der Waals surface area (Å²) < 4.78 is 0. The van der Waals surface area contributed by atoms with Gasteiger partial charge in [-0.15, -0.1) is 0 Å². The van der Waals surface area contributed by atoms with Gasteiger partial charge in [0.1, 0.15) is 0 Å². The number of unbranched alkanes of at least 4 members (excludes halogenated alkanes) is 1. The van der Waals surface area contributed by atoms with Gasteiger partial charge in [0.25, 0.3) is 0 Å². The van der Waals surface area contributed by atoms with Gasteiger partial charge >= 0.3 is 5.97 Å². The van der Waals surface area contributed by atoms with Gasteiger partial charge < -0.3 is 21.7 Å². The van der Waals surface area contributed by atoms with E-state index < -0.39 is 11.7 Å². The highest BCUT2D eigenvalue weighted by molar-refractivity contribution is 5.75. The van der Waals surface area contributed by atoms with E-state index in [2.05, 4.69) is 0 Å². The summed E-state index contributed by atoms with van der Waals surface area (Å²) in [6.45, 7) is 0.661. The maximum Gasteiger partial charge on any atom is 0.350 e. The summed E-state index contributed by atoms with van der Waals surface area (Å²) in [6.07, 6.45) is 3.98. The molecule has 16 heavy (non-hydrogen) atoms. The van der Waals surface area contributed by atoms with E-state index in [-0.39, 0.29) is 12.5 Å². The molecule has 0 spiro atoms. The summed E-state index contributed by atoms with van der Waals surface area (Å²) in [4.78, 5) is 10.5. The molecule has 1 unspecified atom stereocenters. The zero-order chi connectivity index (χ0) is 12.6. The van der Waals surface area contributed by atoms with Crippen molar-refractivity contribution in [2.75, 3.05) is 6.54 Å². The van der Waals surface area contributed by atoms with Crippen molar-refractivity contribution in [2.24, 2.45) is 17.2 Å². The van der Waals surface area contributed by atoms with Crippen molar-refractivity contribution in [3.05, 3.63) is 0 Å². The fourth-order valence-electron chi connectivity index (χ4n) is 1.44. The lowest BCUT2D eigenvalue weighted by Crippen LogP contribution is -2.47. The zero-order valence-electron chi connectivity index (χ0n) is 9.56. The van der Waals surface area contributed by atoms with Crippen LogP contribution in [0.1, 0.15) is 38.5 Å². The number of carboxylic acids is 1. The van der Waals surface area contributed by atoms with E-state index in [4.69, 9.17) is 22.3 Å². The van der Waals surface area contributed by atoms with E-state index in [9.17, 15) is 9.90 Å². The van der Waals surface area contributed by atoms with E-state index in [1.807, 2.05) is 0 Å². The van der Waals surface area contributed by atoms with Crippen molar-refractivity contribution in [3.63, 3.8) is 0 Å². The molecule has 8 N–H and O–H groups in total. The predicted octanol–water partition coefficient (Wildman–Crippen LogP) is -0.655. The molecule has 6 nitrogen and oxygen atoms in total. The van der Waals surface area contributed by atoms with Crippen LogP contribution >= 0.6 is 0 Å². The van der Waals surface area contributed by atoms with Gasteiger partial charge in [-0.25, -0.2) is 4.79 Å². The molecular formula is C10H23N3O3. The number of aliphatic hydroxyl groups is 1. The third kappa shape index (κ3) is 6.73. The molecule has 6 heteroatoms. The topological polar surface area (TPSA) is 136 Å². The molecule has 0 saturated carbocycles. The second-order valence-electron chi connectivity index (χ2n) is 4.17. The molecule has 0 heterocycles. The van der Waals surface area contributed by atoms with Crippen LogP contribution in [0.4, 0.5) is 0 Å². The average Bonchev–Trinajstić information content (AvgIpc) is 2.17. The average molecular weight is 233 g/mol. The van der Waals surface area contributed by atoms with Gasteiger partial charge in [-0.3, -0.25) is 5.73 Å². The highest BCUT2D eigenvalue weighted by Gasteiger charge is 2.29. The Bertz CT molecular complexity index is 209. The van der Waals surface area contributed by atoms with Crippen molar-refractivity contribution in [1.82, 2.24) is 0 Å². The van der Waals surface area contributed by atoms with E-state index in [0.717, 1.165) is 19.3 Å². The zero-order valence-corrected chi connectivity index (χ0v) is 9.56. The smallest absolute Gasteiger partial charge is 0.350 e. The normalized spacial score (nSPS) is 16.8. The number of hydrogen-bond donors (Lipinski definition) is 5. The molecule has 96 valence electrons. The Hall–Kier alpha value is -0.690. The third-order valence-electron chi connectivity index (χ3n) is 2.53. The van der Waals surface area contributed by atoms with Crippen LogP contribution in [0.25, 0.3) is 0 Å².